The van der Waals surface area contributed by atoms with Gasteiger partial charge in [-0.3, -0.25) is 9.59 Å². The molecule has 1 aromatic heterocycles. The Labute approximate surface area is 130 Å². The van der Waals surface area contributed by atoms with Crippen LogP contribution in [0.25, 0.3) is 0 Å². The van der Waals surface area contributed by atoms with Crippen molar-refractivity contribution in [2.75, 3.05) is 6.61 Å². The molecule has 0 spiro atoms. The lowest BCUT2D eigenvalue weighted by atomic mass is 10.1. The molecule has 22 heavy (non-hydrogen) atoms. The molecule has 1 aliphatic rings. The monoisotopic (exact) mass is 331 g/mol. The minimum atomic E-state index is -1.27. The van der Waals surface area contributed by atoms with E-state index in [-0.39, 0.29) is 23.4 Å². The van der Waals surface area contributed by atoms with Gasteiger partial charge in [0.05, 0.1) is 5.92 Å². The summed E-state index contributed by atoms with van der Waals surface area (Å²) in [6.45, 7) is 3.17. The van der Waals surface area contributed by atoms with Gasteiger partial charge in [-0.25, -0.2) is 4.98 Å². The topological polar surface area (TPSA) is 145 Å². The van der Waals surface area contributed by atoms with E-state index in [0.29, 0.717) is 0 Å². The zero-order valence-corrected chi connectivity index (χ0v) is 12.8. The summed E-state index contributed by atoms with van der Waals surface area (Å²) in [7, 11) is 0. The highest BCUT2D eigenvalue weighted by molar-refractivity contribution is 7.05. The maximum absolute atomic E-state index is 11.4. The van der Waals surface area contributed by atoms with Gasteiger partial charge in [-0.1, -0.05) is 13.8 Å². The number of aliphatic hydroxyl groups is 2. The van der Waals surface area contributed by atoms with Crippen molar-refractivity contribution >= 4 is 23.4 Å². The molecule has 1 aliphatic heterocycles. The van der Waals surface area contributed by atoms with Gasteiger partial charge in [-0.2, -0.15) is 4.37 Å². The highest BCUT2D eigenvalue weighted by atomic mass is 32.1. The fourth-order valence-corrected chi connectivity index (χ4v) is 2.61. The second-order valence-corrected chi connectivity index (χ2v) is 5.96. The first-order valence-corrected chi connectivity index (χ1v) is 7.40. The van der Waals surface area contributed by atoms with Crippen molar-refractivity contribution in [3.8, 4) is 0 Å². The van der Waals surface area contributed by atoms with Crippen LogP contribution in [0.3, 0.4) is 0 Å². The Hall–Kier alpha value is -1.62. The summed E-state index contributed by atoms with van der Waals surface area (Å²) in [4.78, 5) is 26.3. The van der Waals surface area contributed by atoms with Crippen molar-refractivity contribution in [2.45, 2.75) is 38.3 Å². The van der Waals surface area contributed by atoms with Gasteiger partial charge in [-0.05, 0) is 11.5 Å². The Balaban J connectivity index is 2.03. The molecule has 0 aliphatic carbocycles. The Morgan fingerprint density at radius 2 is 2.09 bits per heavy atom. The Kier molecular flexibility index (Phi) is 5.06. The molecule has 9 nitrogen and oxygen atoms in total. The van der Waals surface area contributed by atoms with Gasteiger partial charge < -0.3 is 25.4 Å². The summed E-state index contributed by atoms with van der Waals surface area (Å²) in [5, 5.41) is 20.2. The molecule has 1 fully saturated rings. The quantitative estimate of drug-likeness (QED) is 0.582. The molecule has 0 saturated carbocycles. The number of aliphatic hydroxyl groups excluding tert-OH is 2. The Morgan fingerprint density at radius 3 is 2.64 bits per heavy atom. The first kappa shape index (κ1) is 16.7. The largest absolute Gasteiger partial charge is 0.463 e. The zero-order chi connectivity index (χ0) is 16.4. The fraction of sp³-hybridized carbons (Fsp3) is 0.667. The first-order chi connectivity index (χ1) is 10.3. The molecular weight excluding hydrogens is 314 g/mol. The molecule has 4 N–H and O–H groups in total. The molecule has 1 aromatic rings. The first-order valence-electron chi connectivity index (χ1n) is 6.63. The molecule has 0 bridgehead atoms. The summed E-state index contributed by atoms with van der Waals surface area (Å²) in [5.74, 6) is -1.71. The number of hydrogen-bond donors (Lipinski definition) is 3. The van der Waals surface area contributed by atoms with E-state index in [0.717, 1.165) is 11.5 Å². The van der Waals surface area contributed by atoms with E-state index in [2.05, 4.69) is 9.36 Å². The van der Waals surface area contributed by atoms with E-state index in [1.54, 1.807) is 13.8 Å². The van der Waals surface area contributed by atoms with Crippen molar-refractivity contribution in [2.24, 2.45) is 11.7 Å². The molecule has 2 rings (SSSR count). The van der Waals surface area contributed by atoms with Crippen molar-refractivity contribution in [3.63, 3.8) is 0 Å². The third-order valence-corrected chi connectivity index (χ3v) is 3.90. The molecule has 1 amide bonds. The van der Waals surface area contributed by atoms with E-state index in [4.69, 9.17) is 15.2 Å². The lowest BCUT2D eigenvalue weighted by Crippen LogP contribution is -2.34. The molecule has 122 valence electrons. The van der Waals surface area contributed by atoms with Crippen LogP contribution in [-0.4, -0.2) is 56.4 Å². The number of primary amides is 1. The lowest BCUT2D eigenvalue weighted by Gasteiger charge is -2.15. The van der Waals surface area contributed by atoms with Crippen LogP contribution in [0.5, 0.6) is 0 Å². The fourth-order valence-electron chi connectivity index (χ4n) is 1.87. The smallest absolute Gasteiger partial charge is 0.308 e. The van der Waals surface area contributed by atoms with Gasteiger partial charge in [0.15, 0.2) is 0 Å². The third kappa shape index (κ3) is 3.40. The number of carbonyl (C=O) groups is 2. The summed E-state index contributed by atoms with van der Waals surface area (Å²) in [6, 6.07) is 0. The zero-order valence-electron chi connectivity index (χ0n) is 12.0. The molecule has 4 atom stereocenters. The standard InChI is InChI=1S/C12H17N3O6S/c1-4(2)12(19)20-3-5-6(16)7(17)8(21-5)11-14-10(9(13)18)15-22-11/h4-8,16-17H,3H2,1-2H3,(H2,13,18)/t5-,6-,7-,8-/m1/s1. The van der Waals surface area contributed by atoms with E-state index >= 15 is 0 Å². The van der Waals surface area contributed by atoms with Crippen molar-refractivity contribution in [1.29, 1.82) is 0 Å². The second kappa shape index (κ2) is 6.65. The molecular formula is C12H17N3O6S. The van der Waals surface area contributed by atoms with Gasteiger partial charge in [0.2, 0.25) is 5.82 Å². The Morgan fingerprint density at radius 1 is 1.41 bits per heavy atom. The molecule has 0 radical (unpaired) electrons. The van der Waals surface area contributed by atoms with Crippen LogP contribution in [0.1, 0.15) is 35.6 Å². The normalized spacial score (nSPS) is 28.0. The highest BCUT2D eigenvalue weighted by Crippen LogP contribution is 2.34. The van der Waals surface area contributed by atoms with Crippen LogP contribution in [0.2, 0.25) is 0 Å². The summed E-state index contributed by atoms with van der Waals surface area (Å²) in [5.41, 5.74) is 5.06. The van der Waals surface area contributed by atoms with E-state index in [9.17, 15) is 19.8 Å². The number of nitrogens with two attached hydrogens (primary N) is 1. The van der Waals surface area contributed by atoms with Crippen molar-refractivity contribution in [1.82, 2.24) is 9.36 Å². The number of aromatic nitrogens is 2. The van der Waals surface area contributed by atoms with Crippen LogP contribution in [0, 0.1) is 5.92 Å². The van der Waals surface area contributed by atoms with Crippen LogP contribution < -0.4 is 5.73 Å². The van der Waals surface area contributed by atoms with Crippen molar-refractivity contribution < 1.29 is 29.3 Å². The average molecular weight is 331 g/mol. The molecule has 2 heterocycles. The summed E-state index contributed by atoms with van der Waals surface area (Å²) >= 11 is 0.846. The number of nitrogens with zero attached hydrogens (tertiary/aromatic N) is 2. The molecule has 0 aromatic carbocycles. The molecule has 10 heteroatoms. The van der Waals surface area contributed by atoms with Gasteiger partial charge >= 0.3 is 5.97 Å². The van der Waals surface area contributed by atoms with Crippen molar-refractivity contribution in [3.05, 3.63) is 10.8 Å². The maximum Gasteiger partial charge on any atom is 0.308 e. The van der Waals surface area contributed by atoms with Crippen LogP contribution in [0.15, 0.2) is 0 Å². The number of carbonyl (C=O) groups excluding carboxylic acids is 2. The minimum absolute atomic E-state index is 0.181. The number of ether oxygens (including phenoxy) is 2. The molecule has 0 unspecified atom stereocenters. The van der Waals surface area contributed by atoms with E-state index in [1.807, 2.05) is 0 Å². The van der Waals surface area contributed by atoms with Crippen LogP contribution in [0.4, 0.5) is 0 Å². The van der Waals surface area contributed by atoms with Gasteiger partial charge in [0.1, 0.15) is 36.0 Å². The van der Waals surface area contributed by atoms with Gasteiger partial charge in [0.25, 0.3) is 5.91 Å². The SMILES string of the molecule is CC(C)C(=O)OC[C@H]1O[C@@H](c2nc(C(N)=O)ns2)[C@H](O)[C@@H]1O. The predicted molar refractivity (Wildman–Crippen MR) is 73.9 cm³/mol. The predicted octanol–water partition coefficient (Wildman–Crippen LogP) is -1.00. The van der Waals surface area contributed by atoms with Gasteiger partial charge in [-0.15, -0.1) is 0 Å². The molecule has 1 saturated heterocycles. The summed E-state index contributed by atoms with van der Waals surface area (Å²) in [6.07, 6.45) is -4.35. The Bertz CT molecular complexity index is 563. The maximum atomic E-state index is 11.4. The third-order valence-electron chi connectivity index (χ3n) is 3.13. The average Bonchev–Trinajstić information content (AvgIpc) is 3.04. The number of esters is 1. The minimum Gasteiger partial charge on any atom is -0.463 e. The van der Waals surface area contributed by atoms with E-state index in [1.165, 1.54) is 0 Å². The summed E-state index contributed by atoms with van der Waals surface area (Å²) < 4.78 is 14.2. The lowest BCUT2D eigenvalue weighted by molar-refractivity contribution is -0.152. The number of rotatable bonds is 5. The highest BCUT2D eigenvalue weighted by Gasteiger charge is 2.45. The number of hydrogen-bond acceptors (Lipinski definition) is 9. The van der Waals surface area contributed by atoms with Crippen LogP contribution >= 0.6 is 11.5 Å². The second-order valence-electron chi connectivity index (χ2n) is 5.18. The van der Waals surface area contributed by atoms with Gasteiger partial charge in [0, 0.05) is 0 Å². The number of amides is 1. The van der Waals surface area contributed by atoms with E-state index < -0.39 is 36.3 Å². The van der Waals surface area contributed by atoms with Crippen LogP contribution in [-0.2, 0) is 14.3 Å².